The molecule has 1 aromatic rings. The standard InChI is InChI=1S/C11H8F3NO4/c12-11(13,14)10(18)5-8(15-19-10)6-1-3-7(4-2-6)9(16)17/h1-4,18H,5H2,(H,16,17). The van der Waals surface area contributed by atoms with Crippen molar-refractivity contribution in [1.82, 2.24) is 0 Å². The second-order valence-electron chi connectivity index (χ2n) is 3.97. The van der Waals surface area contributed by atoms with Crippen LogP contribution in [0.15, 0.2) is 29.4 Å². The van der Waals surface area contributed by atoms with Gasteiger partial charge in [-0.1, -0.05) is 17.3 Å². The molecule has 19 heavy (non-hydrogen) atoms. The van der Waals surface area contributed by atoms with Gasteiger partial charge < -0.3 is 15.1 Å². The fraction of sp³-hybridized carbons (Fsp3) is 0.273. The molecule has 102 valence electrons. The molecule has 2 rings (SSSR count). The molecule has 0 fully saturated rings. The normalized spacial score (nSPS) is 22.8. The molecule has 0 bridgehead atoms. The predicted octanol–water partition coefficient (Wildman–Crippen LogP) is 1.76. The van der Waals surface area contributed by atoms with E-state index in [1.807, 2.05) is 0 Å². The van der Waals surface area contributed by atoms with E-state index in [2.05, 4.69) is 9.99 Å². The van der Waals surface area contributed by atoms with Gasteiger partial charge in [-0.05, 0) is 17.7 Å². The van der Waals surface area contributed by atoms with Gasteiger partial charge in [0.25, 0.3) is 0 Å². The van der Waals surface area contributed by atoms with E-state index in [-0.39, 0.29) is 16.8 Å². The Labute approximate surface area is 104 Å². The first-order valence-corrected chi connectivity index (χ1v) is 5.11. The second kappa shape index (κ2) is 4.23. The second-order valence-corrected chi connectivity index (χ2v) is 3.97. The first kappa shape index (κ1) is 13.3. The monoisotopic (exact) mass is 275 g/mol. The number of nitrogens with zero attached hydrogens (tertiary/aromatic N) is 1. The van der Waals surface area contributed by atoms with Crippen molar-refractivity contribution in [1.29, 1.82) is 0 Å². The van der Waals surface area contributed by atoms with Gasteiger partial charge in [0.05, 0.1) is 17.7 Å². The quantitative estimate of drug-likeness (QED) is 0.862. The average molecular weight is 275 g/mol. The van der Waals surface area contributed by atoms with E-state index < -0.39 is 24.4 Å². The molecular weight excluding hydrogens is 267 g/mol. The first-order chi connectivity index (χ1) is 8.73. The molecule has 0 saturated heterocycles. The number of oxime groups is 1. The number of carboxylic acids is 1. The Bertz CT molecular complexity index is 538. The summed E-state index contributed by atoms with van der Waals surface area (Å²) in [5, 5.41) is 21.1. The largest absolute Gasteiger partial charge is 0.478 e. The van der Waals surface area contributed by atoms with E-state index in [4.69, 9.17) is 5.11 Å². The molecular formula is C11H8F3NO4. The average Bonchev–Trinajstić information content (AvgIpc) is 2.73. The van der Waals surface area contributed by atoms with E-state index in [0.717, 1.165) is 0 Å². The number of carboxylic acid groups (broad SMARTS) is 1. The van der Waals surface area contributed by atoms with Gasteiger partial charge in [-0.2, -0.15) is 13.2 Å². The Hall–Kier alpha value is -2.09. The van der Waals surface area contributed by atoms with E-state index >= 15 is 0 Å². The molecule has 1 aromatic carbocycles. The third-order valence-corrected chi connectivity index (χ3v) is 2.62. The van der Waals surface area contributed by atoms with Crippen LogP contribution in [0.1, 0.15) is 22.3 Å². The number of aromatic carboxylic acids is 1. The topological polar surface area (TPSA) is 79.1 Å². The highest BCUT2D eigenvalue weighted by Gasteiger charge is 2.60. The molecule has 1 heterocycles. The highest BCUT2D eigenvalue weighted by atomic mass is 19.4. The SMILES string of the molecule is O=C(O)c1ccc(C2=NOC(O)(C(F)(F)F)C2)cc1. The van der Waals surface area contributed by atoms with E-state index in [1.54, 1.807) is 0 Å². The number of alkyl halides is 3. The molecule has 1 aliphatic rings. The summed E-state index contributed by atoms with van der Waals surface area (Å²) in [6.45, 7) is 0. The summed E-state index contributed by atoms with van der Waals surface area (Å²) in [6, 6.07) is 5.05. The Morgan fingerprint density at radius 2 is 1.89 bits per heavy atom. The summed E-state index contributed by atoms with van der Waals surface area (Å²) >= 11 is 0. The van der Waals surface area contributed by atoms with Crippen LogP contribution >= 0.6 is 0 Å². The van der Waals surface area contributed by atoms with Gasteiger partial charge in [0.1, 0.15) is 0 Å². The van der Waals surface area contributed by atoms with Gasteiger partial charge in [0.2, 0.25) is 0 Å². The Kier molecular flexibility index (Phi) is 2.97. The molecule has 8 heteroatoms. The summed E-state index contributed by atoms with van der Waals surface area (Å²) in [7, 11) is 0. The molecule has 1 unspecified atom stereocenters. The van der Waals surface area contributed by atoms with Crippen molar-refractivity contribution in [2.75, 3.05) is 0 Å². The highest BCUT2D eigenvalue weighted by Crippen LogP contribution is 2.38. The lowest BCUT2D eigenvalue weighted by Gasteiger charge is -2.22. The zero-order valence-corrected chi connectivity index (χ0v) is 9.31. The van der Waals surface area contributed by atoms with Crippen molar-refractivity contribution in [3.05, 3.63) is 35.4 Å². The van der Waals surface area contributed by atoms with Gasteiger partial charge in [-0.15, -0.1) is 0 Å². The van der Waals surface area contributed by atoms with Crippen molar-refractivity contribution in [3.63, 3.8) is 0 Å². The number of carbonyl (C=O) groups is 1. The van der Waals surface area contributed by atoms with Crippen LogP contribution in [0.25, 0.3) is 0 Å². The van der Waals surface area contributed by atoms with Gasteiger partial charge in [-0.3, -0.25) is 0 Å². The van der Waals surface area contributed by atoms with Crippen molar-refractivity contribution >= 4 is 11.7 Å². The van der Waals surface area contributed by atoms with Crippen molar-refractivity contribution in [2.45, 2.75) is 18.4 Å². The Balaban J connectivity index is 2.19. The third-order valence-electron chi connectivity index (χ3n) is 2.62. The minimum Gasteiger partial charge on any atom is -0.478 e. The summed E-state index contributed by atoms with van der Waals surface area (Å²) in [4.78, 5) is 14.7. The lowest BCUT2D eigenvalue weighted by Crippen LogP contribution is -2.45. The molecule has 0 saturated carbocycles. The Morgan fingerprint density at radius 3 is 2.32 bits per heavy atom. The lowest BCUT2D eigenvalue weighted by molar-refractivity contribution is -0.355. The lowest BCUT2D eigenvalue weighted by atomic mass is 10.0. The number of hydrogen-bond acceptors (Lipinski definition) is 4. The maximum absolute atomic E-state index is 12.5. The number of hydrogen-bond donors (Lipinski definition) is 2. The summed E-state index contributed by atoms with van der Waals surface area (Å²) in [5.41, 5.74) is 0.149. The van der Waals surface area contributed by atoms with Crippen LogP contribution in [0, 0.1) is 0 Å². The number of halogens is 3. The molecule has 1 aliphatic heterocycles. The van der Waals surface area contributed by atoms with Gasteiger partial charge in [0, 0.05) is 0 Å². The molecule has 0 amide bonds. The molecule has 2 N–H and O–H groups in total. The fourth-order valence-electron chi connectivity index (χ4n) is 1.53. The van der Waals surface area contributed by atoms with Crippen LogP contribution in [0.4, 0.5) is 13.2 Å². The minimum atomic E-state index is -4.96. The summed E-state index contributed by atoms with van der Waals surface area (Å²) in [5.74, 6) is -4.48. The Morgan fingerprint density at radius 1 is 1.32 bits per heavy atom. The summed E-state index contributed by atoms with van der Waals surface area (Å²) < 4.78 is 37.4. The zero-order chi connectivity index (χ0) is 14.3. The van der Waals surface area contributed by atoms with Crippen LogP contribution in [0.5, 0.6) is 0 Å². The minimum absolute atomic E-state index is 0.00523. The molecule has 5 nitrogen and oxygen atoms in total. The van der Waals surface area contributed by atoms with Crippen LogP contribution in [-0.4, -0.2) is 33.9 Å². The summed E-state index contributed by atoms with van der Waals surface area (Å²) in [6.07, 6.45) is -5.80. The van der Waals surface area contributed by atoms with E-state index in [9.17, 15) is 23.1 Å². The fourth-order valence-corrected chi connectivity index (χ4v) is 1.53. The molecule has 0 radical (unpaired) electrons. The molecule has 0 spiro atoms. The van der Waals surface area contributed by atoms with Gasteiger partial charge in [-0.25, -0.2) is 4.79 Å². The van der Waals surface area contributed by atoms with Gasteiger partial charge in [0.15, 0.2) is 0 Å². The van der Waals surface area contributed by atoms with Crippen LogP contribution < -0.4 is 0 Å². The van der Waals surface area contributed by atoms with Crippen molar-refractivity contribution in [3.8, 4) is 0 Å². The van der Waals surface area contributed by atoms with E-state index in [1.165, 1.54) is 24.3 Å². The molecule has 0 aliphatic carbocycles. The van der Waals surface area contributed by atoms with Crippen LogP contribution in [0.2, 0.25) is 0 Å². The molecule has 1 atom stereocenters. The van der Waals surface area contributed by atoms with E-state index in [0.29, 0.717) is 0 Å². The number of benzene rings is 1. The van der Waals surface area contributed by atoms with Crippen molar-refractivity contribution < 1.29 is 33.0 Å². The number of rotatable bonds is 2. The zero-order valence-electron chi connectivity index (χ0n) is 9.31. The third kappa shape index (κ3) is 2.39. The van der Waals surface area contributed by atoms with Crippen LogP contribution in [0.3, 0.4) is 0 Å². The smallest absolute Gasteiger partial charge is 0.458 e. The maximum atomic E-state index is 12.5. The first-order valence-electron chi connectivity index (χ1n) is 5.11. The predicted molar refractivity (Wildman–Crippen MR) is 56.6 cm³/mol. The maximum Gasteiger partial charge on any atom is 0.458 e. The van der Waals surface area contributed by atoms with Crippen LogP contribution in [-0.2, 0) is 4.84 Å². The highest BCUT2D eigenvalue weighted by molar-refractivity contribution is 6.02. The van der Waals surface area contributed by atoms with Gasteiger partial charge >= 0.3 is 17.9 Å². The molecule has 0 aromatic heterocycles. The number of aliphatic hydroxyl groups is 1. The van der Waals surface area contributed by atoms with Crippen molar-refractivity contribution in [2.24, 2.45) is 5.16 Å².